The third kappa shape index (κ3) is 4.65. The van der Waals surface area contributed by atoms with Gasteiger partial charge in [-0.1, -0.05) is 15.9 Å². The zero-order valence-electron chi connectivity index (χ0n) is 13.5. The number of halogens is 2. The molecule has 1 aromatic carbocycles. The van der Waals surface area contributed by atoms with Crippen LogP contribution < -0.4 is 5.73 Å². The van der Waals surface area contributed by atoms with Gasteiger partial charge in [-0.15, -0.1) is 0 Å². The van der Waals surface area contributed by atoms with E-state index in [1.165, 1.54) is 11.0 Å². The second-order valence-corrected chi connectivity index (χ2v) is 7.42. The van der Waals surface area contributed by atoms with E-state index in [1.807, 2.05) is 0 Å². The fraction of sp³-hybridized carbons (Fsp3) is 0.562. The third-order valence-electron chi connectivity index (χ3n) is 3.53. The molecule has 23 heavy (non-hydrogen) atoms. The van der Waals surface area contributed by atoms with Crippen LogP contribution in [0, 0.1) is 5.82 Å². The normalized spacial score (nSPS) is 20.3. The molecule has 1 aliphatic rings. The molecule has 0 bridgehead atoms. The number of nitrogens with zero attached hydrogens (tertiary/aromatic N) is 1. The summed E-state index contributed by atoms with van der Waals surface area (Å²) < 4.78 is 25.7. The number of hydrogen-bond donors (Lipinski definition) is 1. The molecule has 0 saturated carbocycles. The third-order valence-corrected chi connectivity index (χ3v) is 4.02. The predicted octanol–water partition coefficient (Wildman–Crippen LogP) is 3.22. The summed E-state index contributed by atoms with van der Waals surface area (Å²) >= 11 is 3.31. The van der Waals surface area contributed by atoms with Crippen LogP contribution in [0.3, 0.4) is 0 Å². The van der Waals surface area contributed by atoms with Gasteiger partial charge in [-0.3, -0.25) is 4.90 Å². The summed E-state index contributed by atoms with van der Waals surface area (Å²) in [7, 11) is 0. The number of carbonyl (C=O) groups is 1. The minimum absolute atomic E-state index is 0.242. The Kier molecular flexibility index (Phi) is 5.65. The molecular weight excluding hydrogens is 367 g/mol. The van der Waals surface area contributed by atoms with Crippen LogP contribution in [0.2, 0.25) is 0 Å². The van der Waals surface area contributed by atoms with Crippen molar-refractivity contribution in [1.82, 2.24) is 4.90 Å². The zero-order chi connectivity index (χ0) is 17.2. The molecule has 2 rings (SSSR count). The molecule has 2 unspecified atom stereocenters. The lowest BCUT2D eigenvalue weighted by atomic mass is 9.98. The van der Waals surface area contributed by atoms with Crippen LogP contribution in [0.25, 0.3) is 0 Å². The van der Waals surface area contributed by atoms with E-state index in [-0.39, 0.29) is 6.61 Å². The topological polar surface area (TPSA) is 64.8 Å². The monoisotopic (exact) mass is 388 g/mol. The summed E-state index contributed by atoms with van der Waals surface area (Å²) in [5.41, 5.74) is 5.97. The molecule has 128 valence electrons. The Bertz CT molecular complexity index is 577. The minimum atomic E-state index is -0.708. The summed E-state index contributed by atoms with van der Waals surface area (Å²) in [6.45, 7) is 6.41. The van der Waals surface area contributed by atoms with Crippen LogP contribution in [0.4, 0.5) is 9.18 Å². The molecule has 1 amide bonds. The van der Waals surface area contributed by atoms with Crippen molar-refractivity contribution in [2.45, 2.75) is 38.5 Å². The second kappa shape index (κ2) is 7.15. The number of morpholine rings is 1. The molecule has 7 heteroatoms. The number of amides is 1. The lowest BCUT2D eigenvalue weighted by molar-refractivity contribution is -0.0384. The van der Waals surface area contributed by atoms with Crippen molar-refractivity contribution >= 4 is 22.0 Å². The smallest absolute Gasteiger partial charge is 0.410 e. The van der Waals surface area contributed by atoms with E-state index in [0.717, 1.165) is 4.47 Å². The van der Waals surface area contributed by atoms with Gasteiger partial charge in [0, 0.05) is 16.6 Å². The highest BCUT2D eigenvalue weighted by molar-refractivity contribution is 9.10. The van der Waals surface area contributed by atoms with Crippen molar-refractivity contribution in [3.63, 3.8) is 0 Å². The maximum absolute atomic E-state index is 14.1. The largest absolute Gasteiger partial charge is 0.444 e. The van der Waals surface area contributed by atoms with E-state index in [1.54, 1.807) is 32.9 Å². The molecule has 5 nitrogen and oxygen atoms in total. The molecule has 1 fully saturated rings. The van der Waals surface area contributed by atoms with Crippen LogP contribution in [0.1, 0.15) is 32.4 Å². The first-order valence-electron chi connectivity index (χ1n) is 7.47. The lowest BCUT2D eigenvalue weighted by Crippen LogP contribution is -2.54. The highest BCUT2D eigenvalue weighted by Gasteiger charge is 2.36. The molecule has 0 aromatic heterocycles. The Morgan fingerprint density at radius 2 is 2.22 bits per heavy atom. The molecule has 2 N–H and O–H groups in total. The number of nitrogens with two attached hydrogens (primary N) is 1. The van der Waals surface area contributed by atoms with Gasteiger partial charge in [0.15, 0.2) is 0 Å². The number of carbonyl (C=O) groups excluding carboxylic acids is 1. The Labute approximate surface area is 144 Å². The average Bonchev–Trinajstić information content (AvgIpc) is 2.47. The Hall–Kier alpha value is -1.18. The summed E-state index contributed by atoms with van der Waals surface area (Å²) in [6.07, 6.45) is -0.461. The number of ether oxygens (including phenoxy) is 2. The van der Waals surface area contributed by atoms with Crippen LogP contribution >= 0.6 is 15.9 Å². The van der Waals surface area contributed by atoms with Gasteiger partial charge in [-0.2, -0.15) is 0 Å². The fourth-order valence-corrected chi connectivity index (χ4v) is 2.82. The van der Waals surface area contributed by atoms with Crippen LogP contribution in [0.5, 0.6) is 0 Å². The number of benzene rings is 1. The number of rotatable bonds is 2. The van der Waals surface area contributed by atoms with Gasteiger partial charge < -0.3 is 15.2 Å². The highest BCUT2D eigenvalue weighted by atomic mass is 79.9. The SMILES string of the molecule is CC(C)(C)OC(=O)N1CCOCC1C(N)c1cc(Br)ccc1F. The first-order chi connectivity index (χ1) is 10.7. The van der Waals surface area contributed by atoms with Crippen molar-refractivity contribution < 1.29 is 18.7 Å². The van der Waals surface area contributed by atoms with Crippen LogP contribution in [-0.2, 0) is 9.47 Å². The predicted molar refractivity (Wildman–Crippen MR) is 88.6 cm³/mol. The van der Waals surface area contributed by atoms with Crippen molar-refractivity contribution in [1.29, 1.82) is 0 Å². The second-order valence-electron chi connectivity index (χ2n) is 6.51. The fourth-order valence-electron chi connectivity index (χ4n) is 2.44. The molecule has 0 aliphatic carbocycles. The van der Waals surface area contributed by atoms with Crippen molar-refractivity contribution in [2.75, 3.05) is 19.8 Å². The van der Waals surface area contributed by atoms with E-state index in [2.05, 4.69) is 15.9 Å². The Morgan fingerprint density at radius 1 is 1.52 bits per heavy atom. The molecule has 1 saturated heterocycles. The summed E-state index contributed by atoms with van der Waals surface area (Å²) in [6, 6.07) is 3.39. The van der Waals surface area contributed by atoms with E-state index in [4.69, 9.17) is 15.2 Å². The van der Waals surface area contributed by atoms with Gasteiger partial charge in [0.1, 0.15) is 11.4 Å². The average molecular weight is 389 g/mol. The Balaban J connectivity index is 2.23. The van der Waals surface area contributed by atoms with Crippen LogP contribution in [0.15, 0.2) is 22.7 Å². The molecule has 1 aliphatic heterocycles. The standard InChI is InChI=1S/C16H22BrFN2O3/c1-16(2,3)23-15(21)20-6-7-22-9-13(20)14(19)11-8-10(17)4-5-12(11)18/h4-5,8,13-14H,6-7,9,19H2,1-3H3. The van der Waals surface area contributed by atoms with Crippen molar-refractivity contribution in [2.24, 2.45) is 5.73 Å². The van der Waals surface area contributed by atoms with Gasteiger partial charge in [0.2, 0.25) is 0 Å². The summed E-state index contributed by atoms with van der Waals surface area (Å²) in [4.78, 5) is 13.9. The van der Waals surface area contributed by atoms with Crippen LogP contribution in [-0.4, -0.2) is 42.4 Å². The van der Waals surface area contributed by atoms with Gasteiger partial charge in [0.05, 0.1) is 25.3 Å². The first-order valence-corrected chi connectivity index (χ1v) is 8.26. The van der Waals surface area contributed by atoms with Crippen molar-refractivity contribution in [3.05, 3.63) is 34.1 Å². The molecule has 0 spiro atoms. The minimum Gasteiger partial charge on any atom is -0.444 e. The molecule has 1 aromatic rings. The van der Waals surface area contributed by atoms with Gasteiger partial charge >= 0.3 is 6.09 Å². The maximum Gasteiger partial charge on any atom is 0.410 e. The van der Waals surface area contributed by atoms with E-state index in [0.29, 0.717) is 18.7 Å². The molecular formula is C16H22BrFN2O3. The Morgan fingerprint density at radius 3 is 2.87 bits per heavy atom. The van der Waals surface area contributed by atoms with Crippen molar-refractivity contribution in [3.8, 4) is 0 Å². The molecule has 2 atom stereocenters. The molecule has 1 heterocycles. The lowest BCUT2D eigenvalue weighted by Gasteiger charge is -2.39. The molecule has 0 radical (unpaired) electrons. The maximum atomic E-state index is 14.1. The van der Waals surface area contributed by atoms with E-state index >= 15 is 0 Å². The highest BCUT2D eigenvalue weighted by Crippen LogP contribution is 2.27. The quantitative estimate of drug-likeness (QED) is 0.844. The van der Waals surface area contributed by atoms with E-state index < -0.39 is 29.6 Å². The first kappa shape index (κ1) is 18.2. The number of hydrogen-bond acceptors (Lipinski definition) is 4. The summed E-state index contributed by atoms with van der Waals surface area (Å²) in [5, 5.41) is 0. The zero-order valence-corrected chi connectivity index (χ0v) is 15.1. The van der Waals surface area contributed by atoms with Gasteiger partial charge in [-0.05, 0) is 39.0 Å². The summed E-state index contributed by atoms with van der Waals surface area (Å²) in [5.74, 6) is -0.407. The van der Waals surface area contributed by atoms with Gasteiger partial charge in [-0.25, -0.2) is 9.18 Å². The van der Waals surface area contributed by atoms with E-state index in [9.17, 15) is 9.18 Å². The van der Waals surface area contributed by atoms with Gasteiger partial charge in [0.25, 0.3) is 0 Å².